The van der Waals surface area contributed by atoms with Gasteiger partial charge in [0.1, 0.15) is 0 Å². The molecule has 0 bridgehead atoms. The van der Waals surface area contributed by atoms with Crippen LogP contribution in [0.15, 0.2) is 65.0 Å². The van der Waals surface area contributed by atoms with Gasteiger partial charge in [0, 0.05) is 24.2 Å². The van der Waals surface area contributed by atoms with E-state index in [2.05, 4.69) is 68.1 Å². The van der Waals surface area contributed by atoms with Crippen LogP contribution in [0.25, 0.3) is 0 Å². The highest BCUT2D eigenvalue weighted by Gasteiger charge is 2.29. The quantitative estimate of drug-likeness (QED) is 0.336. The third-order valence-corrected chi connectivity index (χ3v) is 5.22. The Morgan fingerprint density at radius 1 is 1.24 bits per heavy atom. The SMILES string of the molecule is C=C(CCCC)C1Cc2ccccc2CN1C(=C)/C(C)=C(\C)N=CC. The molecule has 2 heteroatoms. The third-order valence-electron chi connectivity index (χ3n) is 5.22. The van der Waals surface area contributed by atoms with E-state index in [0.717, 1.165) is 36.4 Å². The fourth-order valence-corrected chi connectivity index (χ4v) is 3.46. The molecular weight excluding hydrogens is 304 g/mol. The number of hydrogen-bond donors (Lipinski definition) is 0. The van der Waals surface area contributed by atoms with Crippen LogP contribution in [-0.4, -0.2) is 17.2 Å². The van der Waals surface area contributed by atoms with Crippen molar-refractivity contribution in [3.05, 3.63) is 71.1 Å². The Balaban J connectivity index is 2.35. The summed E-state index contributed by atoms with van der Waals surface area (Å²) in [6.07, 6.45) is 6.34. The Kier molecular flexibility index (Phi) is 6.81. The Bertz CT molecular complexity index is 694. The second-order valence-corrected chi connectivity index (χ2v) is 6.92. The van der Waals surface area contributed by atoms with Gasteiger partial charge in [-0.15, -0.1) is 0 Å². The third kappa shape index (κ3) is 4.50. The van der Waals surface area contributed by atoms with Crippen molar-refractivity contribution in [1.29, 1.82) is 0 Å². The second kappa shape index (κ2) is 8.84. The number of unbranched alkanes of at least 4 members (excludes halogenated alkanes) is 1. The van der Waals surface area contributed by atoms with E-state index in [4.69, 9.17) is 0 Å². The molecule has 1 heterocycles. The molecule has 2 nitrogen and oxygen atoms in total. The fraction of sp³-hybridized carbons (Fsp3) is 0.435. The van der Waals surface area contributed by atoms with Gasteiger partial charge in [-0.25, -0.2) is 0 Å². The summed E-state index contributed by atoms with van der Waals surface area (Å²) in [7, 11) is 0. The van der Waals surface area contributed by atoms with Crippen LogP contribution in [0.2, 0.25) is 0 Å². The molecule has 1 unspecified atom stereocenters. The predicted octanol–water partition coefficient (Wildman–Crippen LogP) is 6.06. The van der Waals surface area contributed by atoms with Gasteiger partial charge in [0.25, 0.3) is 0 Å². The number of fused-ring (bicyclic) bond motifs is 1. The van der Waals surface area contributed by atoms with Crippen molar-refractivity contribution < 1.29 is 0 Å². The molecule has 2 rings (SSSR count). The molecule has 0 aromatic heterocycles. The zero-order valence-electron chi connectivity index (χ0n) is 16.3. The molecule has 1 atom stereocenters. The summed E-state index contributed by atoms with van der Waals surface area (Å²) in [5.41, 5.74) is 7.42. The maximum absolute atomic E-state index is 4.45. The zero-order valence-corrected chi connectivity index (χ0v) is 16.3. The molecule has 1 aliphatic heterocycles. The molecule has 0 radical (unpaired) electrons. The molecule has 0 saturated carbocycles. The van der Waals surface area contributed by atoms with Crippen LogP contribution in [0.1, 0.15) is 58.1 Å². The van der Waals surface area contributed by atoms with Crippen molar-refractivity contribution >= 4 is 6.21 Å². The average molecular weight is 337 g/mol. The molecule has 0 N–H and O–H groups in total. The highest BCUT2D eigenvalue weighted by Crippen LogP contribution is 2.33. The first-order chi connectivity index (χ1) is 12.0. The highest BCUT2D eigenvalue weighted by molar-refractivity contribution is 5.56. The van der Waals surface area contributed by atoms with Crippen molar-refractivity contribution in [2.24, 2.45) is 4.99 Å². The Labute approximate surface area is 153 Å². The first-order valence-corrected chi connectivity index (χ1v) is 9.36. The lowest BCUT2D eigenvalue weighted by molar-refractivity contribution is 0.255. The van der Waals surface area contributed by atoms with E-state index in [1.165, 1.54) is 29.5 Å². The topological polar surface area (TPSA) is 15.6 Å². The van der Waals surface area contributed by atoms with Gasteiger partial charge in [0.2, 0.25) is 0 Å². The molecule has 0 amide bonds. The van der Waals surface area contributed by atoms with Gasteiger partial charge in [0.05, 0.1) is 6.04 Å². The molecule has 0 aliphatic carbocycles. The van der Waals surface area contributed by atoms with E-state index in [9.17, 15) is 0 Å². The van der Waals surface area contributed by atoms with Crippen LogP contribution in [0, 0.1) is 0 Å². The van der Waals surface area contributed by atoms with E-state index in [-0.39, 0.29) is 0 Å². The van der Waals surface area contributed by atoms with E-state index in [1.54, 1.807) is 0 Å². The average Bonchev–Trinajstić information content (AvgIpc) is 2.63. The number of allylic oxidation sites excluding steroid dienone is 2. The van der Waals surface area contributed by atoms with Gasteiger partial charge >= 0.3 is 0 Å². The van der Waals surface area contributed by atoms with Gasteiger partial charge in [0.15, 0.2) is 0 Å². The van der Waals surface area contributed by atoms with Crippen molar-refractivity contribution in [1.82, 2.24) is 4.90 Å². The lowest BCUT2D eigenvalue weighted by Crippen LogP contribution is -2.41. The van der Waals surface area contributed by atoms with Crippen molar-refractivity contribution in [3.8, 4) is 0 Å². The Morgan fingerprint density at radius 3 is 2.56 bits per heavy atom. The number of nitrogens with zero attached hydrogens (tertiary/aromatic N) is 2. The van der Waals surface area contributed by atoms with Gasteiger partial charge in [-0.2, -0.15) is 0 Å². The number of aliphatic imine (C=N–C) groups is 1. The monoisotopic (exact) mass is 336 g/mol. The van der Waals surface area contributed by atoms with E-state index >= 15 is 0 Å². The minimum absolute atomic E-state index is 0.322. The molecule has 0 spiro atoms. The van der Waals surface area contributed by atoms with Gasteiger partial charge < -0.3 is 4.90 Å². The normalized spacial score (nSPS) is 18.1. The Hall–Kier alpha value is -2.09. The molecule has 0 saturated heterocycles. The van der Waals surface area contributed by atoms with Gasteiger partial charge in [-0.1, -0.05) is 56.3 Å². The molecule has 134 valence electrons. The summed E-state index contributed by atoms with van der Waals surface area (Å²) >= 11 is 0. The summed E-state index contributed by atoms with van der Waals surface area (Å²) in [4.78, 5) is 6.88. The van der Waals surface area contributed by atoms with Gasteiger partial charge in [-0.3, -0.25) is 4.99 Å². The largest absolute Gasteiger partial charge is 0.360 e. The molecule has 1 aromatic rings. The van der Waals surface area contributed by atoms with Crippen LogP contribution in [0.4, 0.5) is 0 Å². The highest BCUT2D eigenvalue weighted by atomic mass is 15.2. The van der Waals surface area contributed by atoms with E-state index in [1.807, 2.05) is 13.1 Å². The minimum atomic E-state index is 0.322. The number of benzene rings is 1. The smallest absolute Gasteiger partial charge is 0.0543 e. The standard InChI is InChI=1S/C23H32N2/c1-7-9-12-17(3)23-15-21-13-10-11-14-22(21)16-25(23)20(6)18(4)19(5)24-8-2/h8,10-11,13-14,23H,3,6-7,9,12,15-16H2,1-2,4-5H3/b19-18+,24-8?. The lowest BCUT2D eigenvalue weighted by atomic mass is 9.87. The number of hydrogen-bond acceptors (Lipinski definition) is 2. The summed E-state index contributed by atoms with van der Waals surface area (Å²) in [5, 5.41) is 0. The van der Waals surface area contributed by atoms with Crippen LogP contribution >= 0.6 is 0 Å². The molecular formula is C23H32N2. The maximum atomic E-state index is 4.45. The summed E-state index contributed by atoms with van der Waals surface area (Å²) in [6, 6.07) is 9.07. The maximum Gasteiger partial charge on any atom is 0.0543 e. The summed E-state index contributed by atoms with van der Waals surface area (Å²) < 4.78 is 0. The molecule has 1 aromatic carbocycles. The van der Waals surface area contributed by atoms with Crippen LogP contribution in [0.3, 0.4) is 0 Å². The minimum Gasteiger partial charge on any atom is -0.360 e. The molecule has 25 heavy (non-hydrogen) atoms. The summed E-state index contributed by atoms with van der Waals surface area (Å²) in [6.45, 7) is 18.1. The lowest BCUT2D eigenvalue weighted by Gasteiger charge is -2.41. The fourth-order valence-electron chi connectivity index (χ4n) is 3.46. The van der Waals surface area contributed by atoms with E-state index in [0.29, 0.717) is 6.04 Å². The number of rotatable bonds is 7. The van der Waals surface area contributed by atoms with E-state index < -0.39 is 0 Å². The Morgan fingerprint density at radius 2 is 1.92 bits per heavy atom. The van der Waals surface area contributed by atoms with Gasteiger partial charge in [-0.05, 0) is 56.7 Å². The zero-order chi connectivity index (χ0) is 18.4. The molecule has 1 aliphatic rings. The molecule has 0 fully saturated rings. The van der Waals surface area contributed by atoms with Crippen LogP contribution < -0.4 is 0 Å². The van der Waals surface area contributed by atoms with Crippen LogP contribution in [0.5, 0.6) is 0 Å². The predicted molar refractivity (Wildman–Crippen MR) is 110 cm³/mol. The first-order valence-electron chi connectivity index (χ1n) is 9.36. The second-order valence-electron chi connectivity index (χ2n) is 6.92. The van der Waals surface area contributed by atoms with Crippen molar-refractivity contribution in [2.45, 2.75) is 66.0 Å². The summed E-state index contributed by atoms with van der Waals surface area (Å²) in [5.74, 6) is 0. The van der Waals surface area contributed by atoms with Crippen molar-refractivity contribution in [2.75, 3.05) is 0 Å². The van der Waals surface area contributed by atoms with Crippen molar-refractivity contribution in [3.63, 3.8) is 0 Å². The first kappa shape index (κ1) is 19.2. The van der Waals surface area contributed by atoms with Crippen LogP contribution in [-0.2, 0) is 13.0 Å².